The monoisotopic (exact) mass is 285 g/mol. The second kappa shape index (κ2) is 5.68. The lowest BCUT2D eigenvalue weighted by Crippen LogP contribution is -2.38. The van der Waals surface area contributed by atoms with Gasteiger partial charge in [-0.05, 0) is 31.7 Å². The van der Waals surface area contributed by atoms with Crippen LogP contribution in [0.25, 0.3) is 10.8 Å². The molecule has 1 aromatic heterocycles. The minimum absolute atomic E-state index is 0.132. The van der Waals surface area contributed by atoms with Crippen molar-refractivity contribution in [2.45, 2.75) is 38.6 Å². The molecule has 1 aliphatic carbocycles. The maximum absolute atomic E-state index is 12.4. The predicted molar refractivity (Wildman–Crippen MR) is 81.2 cm³/mol. The van der Waals surface area contributed by atoms with Gasteiger partial charge in [0.05, 0.1) is 5.39 Å². The van der Waals surface area contributed by atoms with E-state index in [0.29, 0.717) is 16.7 Å². The second-order valence-corrected chi connectivity index (χ2v) is 5.75. The van der Waals surface area contributed by atoms with E-state index in [1.54, 1.807) is 24.3 Å². The van der Waals surface area contributed by atoms with Crippen LogP contribution >= 0.6 is 0 Å². The van der Waals surface area contributed by atoms with Gasteiger partial charge in [0.1, 0.15) is 0 Å². The molecule has 0 bridgehead atoms. The Kier molecular flexibility index (Phi) is 3.73. The fraction of sp³-hybridized carbons (Fsp3) is 0.438. The average Bonchev–Trinajstić information content (AvgIpc) is 3.02. The van der Waals surface area contributed by atoms with Gasteiger partial charge in [-0.2, -0.15) is 5.10 Å². The Morgan fingerprint density at radius 1 is 1.29 bits per heavy atom. The predicted octanol–water partition coefficient (Wildman–Crippen LogP) is 2.23. The van der Waals surface area contributed by atoms with Crippen LogP contribution < -0.4 is 10.9 Å². The Morgan fingerprint density at radius 3 is 2.67 bits per heavy atom. The molecular formula is C16H19N3O2. The summed E-state index contributed by atoms with van der Waals surface area (Å²) in [4.78, 5) is 24.2. The zero-order valence-electron chi connectivity index (χ0n) is 12.1. The van der Waals surface area contributed by atoms with Gasteiger partial charge in [0.2, 0.25) is 0 Å². The molecule has 5 nitrogen and oxygen atoms in total. The Labute approximate surface area is 122 Å². The summed E-state index contributed by atoms with van der Waals surface area (Å²) in [6.07, 6.45) is 4.82. The Bertz CT molecular complexity index is 717. The van der Waals surface area contributed by atoms with Crippen LogP contribution in [-0.4, -0.2) is 22.1 Å². The van der Waals surface area contributed by atoms with Gasteiger partial charge in [0.15, 0.2) is 5.69 Å². The highest BCUT2D eigenvalue weighted by atomic mass is 16.2. The van der Waals surface area contributed by atoms with Crippen LogP contribution in [-0.2, 0) is 0 Å². The lowest BCUT2D eigenvalue weighted by Gasteiger charge is -2.20. The summed E-state index contributed by atoms with van der Waals surface area (Å²) < 4.78 is 0. The third kappa shape index (κ3) is 2.68. The number of H-pyrrole nitrogens is 1. The minimum atomic E-state index is -0.272. The van der Waals surface area contributed by atoms with Gasteiger partial charge in [-0.3, -0.25) is 9.59 Å². The highest BCUT2D eigenvalue weighted by Gasteiger charge is 2.24. The number of hydrogen-bond acceptors (Lipinski definition) is 3. The van der Waals surface area contributed by atoms with Crippen molar-refractivity contribution in [2.75, 3.05) is 0 Å². The van der Waals surface area contributed by atoms with Crippen LogP contribution in [0.2, 0.25) is 0 Å². The van der Waals surface area contributed by atoms with Crippen LogP contribution in [0.1, 0.15) is 43.1 Å². The quantitative estimate of drug-likeness (QED) is 0.908. The number of carbonyl (C=O) groups excluding carboxylic acids is 1. The topological polar surface area (TPSA) is 74.8 Å². The van der Waals surface area contributed by atoms with E-state index in [4.69, 9.17) is 0 Å². The molecule has 0 radical (unpaired) electrons. The SMILES string of the molecule is CC(NC(=O)c1n[nH]c(=O)c2ccccc12)C1CCCC1. The van der Waals surface area contributed by atoms with E-state index >= 15 is 0 Å². The first-order chi connectivity index (χ1) is 10.2. The second-order valence-electron chi connectivity index (χ2n) is 5.75. The third-order valence-electron chi connectivity index (χ3n) is 4.38. The van der Waals surface area contributed by atoms with Crippen molar-refractivity contribution in [3.8, 4) is 0 Å². The Morgan fingerprint density at radius 2 is 1.95 bits per heavy atom. The summed E-state index contributed by atoms with van der Waals surface area (Å²) >= 11 is 0. The van der Waals surface area contributed by atoms with Crippen molar-refractivity contribution < 1.29 is 4.79 Å². The minimum Gasteiger partial charge on any atom is -0.348 e. The number of carbonyl (C=O) groups is 1. The van der Waals surface area contributed by atoms with Crippen molar-refractivity contribution in [3.63, 3.8) is 0 Å². The van der Waals surface area contributed by atoms with E-state index < -0.39 is 0 Å². The lowest BCUT2D eigenvalue weighted by molar-refractivity contribution is 0.0923. The van der Waals surface area contributed by atoms with E-state index in [-0.39, 0.29) is 23.2 Å². The number of amides is 1. The molecule has 1 fully saturated rings. The third-order valence-corrected chi connectivity index (χ3v) is 4.38. The zero-order valence-corrected chi connectivity index (χ0v) is 12.1. The molecule has 0 saturated heterocycles. The van der Waals surface area contributed by atoms with Gasteiger partial charge in [0, 0.05) is 11.4 Å². The molecule has 1 aliphatic rings. The summed E-state index contributed by atoms with van der Waals surface area (Å²) in [6.45, 7) is 2.04. The Hall–Kier alpha value is -2.17. The molecule has 0 spiro atoms. The van der Waals surface area contributed by atoms with Gasteiger partial charge in [-0.15, -0.1) is 0 Å². The average molecular weight is 285 g/mol. The van der Waals surface area contributed by atoms with Crippen LogP contribution in [0.15, 0.2) is 29.1 Å². The molecular weight excluding hydrogens is 266 g/mol. The van der Waals surface area contributed by atoms with Crippen molar-refractivity contribution in [2.24, 2.45) is 5.92 Å². The number of aromatic nitrogens is 2. The number of aromatic amines is 1. The standard InChI is InChI=1S/C16H19N3O2/c1-10(11-6-2-3-7-11)17-16(21)14-12-8-4-5-9-13(12)15(20)19-18-14/h4-5,8-11H,2-3,6-7H2,1H3,(H,17,21)(H,19,20). The fourth-order valence-corrected chi connectivity index (χ4v) is 3.14. The number of nitrogens with one attached hydrogen (secondary N) is 2. The summed E-state index contributed by atoms with van der Waals surface area (Å²) in [5.41, 5.74) is 0.0149. The first-order valence-electron chi connectivity index (χ1n) is 7.45. The van der Waals surface area contributed by atoms with E-state index in [1.807, 2.05) is 6.92 Å². The fourth-order valence-electron chi connectivity index (χ4n) is 3.14. The zero-order chi connectivity index (χ0) is 14.8. The molecule has 0 aliphatic heterocycles. The van der Waals surface area contributed by atoms with E-state index in [2.05, 4.69) is 15.5 Å². The van der Waals surface area contributed by atoms with Gasteiger partial charge in [-0.1, -0.05) is 31.0 Å². The summed E-state index contributed by atoms with van der Waals surface area (Å²) in [5.74, 6) is 0.324. The molecule has 1 amide bonds. The molecule has 2 N–H and O–H groups in total. The number of fused-ring (bicyclic) bond motifs is 1. The molecule has 1 unspecified atom stereocenters. The molecule has 1 atom stereocenters. The van der Waals surface area contributed by atoms with Crippen molar-refractivity contribution >= 4 is 16.7 Å². The maximum atomic E-state index is 12.4. The number of nitrogens with zero attached hydrogens (tertiary/aromatic N) is 1. The van der Waals surface area contributed by atoms with Gasteiger partial charge in [-0.25, -0.2) is 5.10 Å². The Balaban J connectivity index is 1.88. The highest BCUT2D eigenvalue weighted by molar-refractivity contribution is 6.04. The first-order valence-corrected chi connectivity index (χ1v) is 7.45. The molecule has 110 valence electrons. The highest BCUT2D eigenvalue weighted by Crippen LogP contribution is 2.27. The molecule has 2 aromatic rings. The van der Waals surface area contributed by atoms with Crippen molar-refractivity contribution in [1.82, 2.24) is 15.5 Å². The van der Waals surface area contributed by atoms with Crippen molar-refractivity contribution in [3.05, 3.63) is 40.3 Å². The van der Waals surface area contributed by atoms with Crippen LogP contribution in [0.4, 0.5) is 0 Å². The van der Waals surface area contributed by atoms with Gasteiger partial charge in [0.25, 0.3) is 11.5 Å². The molecule has 5 heteroatoms. The number of hydrogen-bond donors (Lipinski definition) is 2. The lowest BCUT2D eigenvalue weighted by atomic mass is 9.99. The molecule has 1 saturated carbocycles. The van der Waals surface area contributed by atoms with E-state index in [9.17, 15) is 9.59 Å². The van der Waals surface area contributed by atoms with Crippen LogP contribution in [0.5, 0.6) is 0 Å². The van der Waals surface area contributed by atoms with Gasteiger partial charge < -0.3 is 5.32 Å². The summed E-state index contributed by atoms with van der Waals surface area (Å²) in [5, 5.41) is 10.4. The first kappa shape index (κ1) is 13.8. The smallest absolute Gasteiger partial charge is 0.272 e. The van der Waals surface area contributed by atoms with E-state index in [0.717, 1.165) is 0 Å². The van der Waals surface area contributed by atoms with Gasteiger partial charge >= 0.3 is 0 Å². The summed E-state index contributed by atoms with van der Waals surface area (Å²) in [6, 6.07) is 7.17. The molecule has 1 aromatic carbocycles. The van der Waals surface area contributed by atoms with E-state index in [1.165, 1.54) is 25.7 Å². The molecule has 21 heavy (non-hydrogen) atoms. The van der Waals surface area contributed by atoms with Crippen molar-refractivity contribution in [1.29, 1.82) is 0 Å². The normalized spacial score (nSPS) is 17.0. The number of benzene rings is 1. The van der Waals surface area contributed by atoms with Crippen LogP contribution in [0, 0.1) is 5.92 Å². The molecule has 3 rings (SSSR count). The maximum Gasteiger partial charge on any atom is 0.272 e. The molecule has 1 heterocycles. The summed E-state index contributed by atoms with van der Waals surface area (Å²) in [7, 11) is 0. The number of rotatable bonds is 3. The van der Waals surface area contributed by atoms with Crippen LogP contribution in [0.3, 0.4) is 0 Å². The largest absolute Gasteiger partial charge is 0.348 e.